The van der Waals surface area contributed by atoms with Crippen LogP contribution in [0, 0.1) is 0 Å². The molecule has 0 aromatic heterocycles. The summed E-state index contributed by atoms with van der Waals surface area (Å²) in [5.41, 5.74) is 0. The van der Waals surface area contributed by atoms with Crippen molar-refractivity contribution in [2.45, 2.75) is 19.3 Å². The van der Waals surface area contributed by atoms with Crippen LogP contribution in [-0.2, 0) is 0 Å². The molecular weight excluding hydrogens is 188 g/mol. The van der Waals surface area contributed by atoms with Gasteiger partial charge in [-0.15, -0.1) is 6.58 Å². The first-order valence-corrected chi connectivity index (χ1v) is 5.24. The van der Waals surface area contributed by atoms with Crippen molar-refractivity contribution in [2.24, 2.45) is 0 Å². The summed E-state index contributed by atoms with van der Waals surface area (Å²) in [4.78, 5) is 0. The summed E-state index contributed by atoms with van der Waals surface area (Å²) in [5, 5.41) is 0. The van der Waals surface area contributed by atoms with Gasteiger partial charge in [0.05, 0.1) is 13.7 Å². The minimum Gasteiger partial charge on any atom is -0.497 e. The molecule has 1 aromatic rings. The summed E-state index contributed by atoms with van der Waals surface area (Å²) in [5.74, 6) is 1.75. The first-order valence-electron chi connectivity index (χ1n) is 5.24. The van der Waals surface area contributed by atoms with Crippen molar-refractivity contribution in [3.05, 3.63) is 36.9 Å². The largest absolute Gasteiger partial charge is 0.497 e. The average molecular weight is 206 g/mol. The molecule has 0 radical (unpaired) electrons. The van der Waals surface area contributed by atoms with Gasteiger partial charge in [0.2, 0.25) is 0 Å². The third kappa shape index (κ3) is 4.54. The smallest absolute Gasteiger partial charge is 0.119 e. The van der Waals surface area contributed by atoms with Crippen molar-refractivity contribution in [3.63, 3.8) is 0 Å². The van der Waals surface area contributed by atoms with Crippen LogP contribution in [0.4, 0.5) is 0 Å². The number of rotatable bonds is 7. The average Bonchev–Trinajstić information content (AvgIpc) is 2.30. The van der Waals surface area contributed by atoms with Crippen LogP contribution in [0.15, 0.2) is 36.9 Å². The molecule has 0 amide bonds. The fourth-order valence-electron chi connectivity index (χ4n) is 1.25. The number of allylic oxidation sites excluding steroid dienone is 1. The Morgan fingerprint density at radius 1 is 1.13 bits per heavy atom. The summed E-state index contributed by atoms with van der Waals surface area (Å²) in [7, 11) is 1.66. The summed E-state index contributed by atoms with van der Waals surface area (Å²) in [6, 6.07) is 7.65. The normalized spacial score (nSPS) is 9.67. The number of hydrogen-bond acceptors (Lipinski definition) is 2. The second-order valence-electron chi connectivity index (χ2n) is 3.31. The number of methoxy groups -OCH3 is 1. The lowest BCUT2D eigenvalue weighted by Crippen LogP contribution is -1.96. The van der Waals surface area contributed by atoms with Gasteiger partial charge < -0.3 is 9.47 Å². The molecule has 0 atom stereocenters. The van der Waals surface area contributed by atoms with Gasteiger partial charge in [-0.25, -0.2) is 0 Å². The molecule has 0 unspecified atom stereocenters. The van der Waals surface area contributed by atoms with Crippen LogP contribution in [0.5, 0.6) is 11.5 Å². The molecule has 0 fully saturated rings. The maximum absolute atomic E-state index is 5.56. The molecule has 0 bridgehead atoms. The predicted octanol–water partition coefficient (Wildman–Crippen LogP) is 3.43. The fourth-order valence-corrected chi connectivity index (χ4v) is 1.25. The summed E-state index contributed by atoms with van der Waals surface area (Å²) in [6.45, 7) is 4.44. The maximum Gasteiger partial charge on any atom is 0.119 e. The van der Waals surface area contributed by atoms with Gasteiger partial charge in [-0.3, -0.25) is 0 Å². The monoisotopic (exact) mass is 206 g/mol. The molecule has 1 aromatic carbocycles. The fraction of sp³-hybridized carbons (Fsp3) is 0.385. The van der Waals surface area contributed by atoms with E-state index in [1.54, 1.807) is 7.11 Å². The van der Waals surface area contributed by atoms with E-state index in [4.69, 9.17) is 9.47 Å². The number of benzene rings is 1. The Hall–Kier alpha value is -1.44. The quantitative estimate of drug-likeness (QED) is 0.502. The lowest BCUT2D eigenvalue weighted by Gasteiger charge is -2.06. The zero-order valence-electron chi connectivity index (χ0n) is 9.24. The molecule has 82 valence electrons. The van der Waals surface area contributed by atoms with Crippen molar-refractivity contribution in [3.8, 4) is 11.5 Å². The second kappa shape index (κ2) is 6.93. The topological polar surface area (TPSA) is 18.5 Å². The van der Waals surface area contributed by atoms with E-state index in [1.165, 1.54) is 0 Å². The van der Waals surface area contributed by atoms with Gasteiger partial charge in [0.1, 0.15) is 11.5 Å². The Bertz CT molecular complexity index is 277. The molecular formula is C13H18O2. The van der Waals surface area contributed by atoms with Crippen molar-refractivity contribution >= 4 is 0 Å². The van der Waals surface area contributed by atoms with Crippen LogP contribution < -0.4 is 9.47 Å². The minimum atomic E-state index is 0.764. The highest BCUT2D eigenvalue weighted by atomic mass is 16.5. The Labute approximate surface area is 91.5 Å². The zero-order chi connectivity index (χ0) is 10.9. The number of unbranched alkanes of at least 4 members (excludes halogenated alkanes) is 2. The van der Waals surface area contributed by atoms with Crippen molar-refractivity contribution in [1.82, 2.24) is 0 Å². The van der Waals surface area contributed by atoms with E-state index in [1.807, 2.05) is 30.3 Å². The zero-order valence-corrected chi connectivity index (χ0v) is 9.24. The molecule has 0 saturated heterocycles. The van der Waals surface area contributed by atoms with Gasteiger partial charge in [0.15, 0.2) is 0 Å². The highest BCUT2D eigenvalue weighted by Gasteiger charge is 1.94. The maximum atomic E-state index is 5.56. The molecule has 2 heteroatoms. The van der Waals surface area contributed by atoms with E-state index in [0.29, 0.717) is 0 Å². The predicted molar refractivity (Wildman–Crippen MR) is 62.5 cm³/mol. The van der Waals surface area contributed by atoms with Crippen molar-refractivity contribution in [2.75, 3.05) is 13.7 Å². The second-order valence-corrected chi connectivity index (χ2v) is 3.31. The van der Waals surface area contributed by atoms with Gasteiger partial charge in [-0.05, 0) is 43.5 Å². The Morgan fingerprint density at radius 3 is 2.40 bits per heavy atom. The first-order chi connectivity index (χ1) is 7.36. The van der Waals surface area contributed by atoms with E-state index < -0.39 is 0 Å². The van der Waals surface area contributed by atoms with Crippen LogP contribution in [0.2, 0.25) is 0 Å². The van der Waals surface area contributed by atoms with Crippen LogP contribution in [0.3, 0.4) is 0 Å². The molecule has 0 aliphatic carbocycles. The molecule has 1 rings (SSSR count). The molecule has 0 saturated carbocycles. The van der Waals surface area contributed by atoms with E-state index in [-0.39, 0.29) is 0 Å². The lowest BCUT2D eigenvalue weighted by atomic mass is 10.2. The van der Waals surface area contributed by atoms with Crippen LogP contribution >= 0.6 is 0 Å². The van der Waals surface area contributed by atoms with E-state index in [2.05, 4.69) is 6.58 Å². The van der Waals surface area contributed by atoms with Crippen LogP contribution in [0.1, 0.15) is 19.3 Å². The van der Waals surface area contributed by atoms with Gasteiger partial charge in [-0.1, -0.05) is 6.08 Å². The van der Waals surface area contributed by atoms with Crippen molar-refractivity contribution < 1.29 is 9.47 Å². The van der Waals surface area contributed by atoms with Gasteiger partial charge in [0, 0.05) is 0 Å². The molecule has 15 heavy (non-hydrogen) atoms. The van der Waals surface area contributed by atoms with E-state index in [0.717, 1.165) is 37.4 Å². The number of ether oxygens (including phenoxy) is 2. The Morgan fingerprint density at radius 2 is 1.80 bits per heavy atom. The van der Waals surface area contributed by atoms with Gasteiger partial charge in [-0.2, -0.15) is 0 Å². The molecule has 0 N–H and O–H groups in total. The molecule has 0 aliphatic heterocycles. The Kier molecular flexibility index (Phi) is 5.38. The summed E-state index contributed by atoms with van der Waals surface area (Å²) < 4.78 is 10.6. The molecule has 0 heterocycles. The summed E-state index contributed by atoms with van der Waals surface area (Å²) >= 11 is 0. The molecule has 0 spiro atoms. The SMILES string of the molecule is C=CCCCCOc1ccc(OC)cc1. The van der Waals surface area contributed by atoms with Gasteiger partial charge in [0.25, 0.3) is 0 Å². The third-order valence-corrected chi connectivity index (χ3v) is 2.13. The minimum absolute atomic E-state index is 0.764. The van der Waals surface area contributed by atoms with E-state index in [9.17, 15) is 0 Å². The highest BCUT2D eigenvalue weighted by molar-refractivity contribution is 5.31. The van der Waals surface area contributed by atoms with Gasteiger partial charge >= 0.3 is 0 Å². The molecule has 2 nitrogen and oxygen atoms in total. The van der Waals surface area contributed by atoms with Crippen molar-refractivity contribution in [1.29, 1.82) is 0 Å². The summed E-state index contributed by atoms with van der Waals surface area (Å²) in [6.07, 6.45) is 5.21. The first kappa shape index (κ1) is 11.6. The number of hydrogen-bond donors (Lipinski definition) is 0. The third-order valence-electron chi connectivity index (χ3n) is 2.13. The Balaban J connectivity index is 2.22. The highest BCUT2D eigenvalue weighted by Crippen LogP contribution is 2.17. The molecule has 0 aliphatic rings. The van der Waals surface area contributed by atoms with Crippen LogP contribution in [0.25, 0.3) is 0 Å². The van der Waals surface area contributed by atoms with E-state index >= 15 is 0 Å². The van der Waals surface area contributed by atoms with Crippen LogP contribution in [-0.4, -0.2) is 13.7 Å². The lowest BCUT2D eigenvalue weighted by molar-refractivity contribution is 0.306. The standard InChI is InChI=1S/C13H18O2/c1-3-4-5-6-11-15-13-9-7-12(14-2)8-10-13/h3,7-10H,1,4-6,11H2,2H3.